The number of aliphatic hydroxyl groups excluding tert-OH is 1. The Kier molecular flexibility index (Phi) is 4.66. The molecular weight excluding hydrogens is 294 g/mol. The fourth-order valence-corrected chi connectivity index (χ4v) is 3.60. The van der Waals surface area contributed by atoms with Crippen molar-refractivity contribution in [1.29, 1.82) is 0 Å². The third-order valence-electron chi connectivity index (χ3n) is 5.20. The second-order valence-corrected chi connectivity index (χ2v) is 6.82. The van der Waals surface area contributed by atoms with Crippen molar-refractivity contribution in [2.24, 2.45) is 5.92 Å². The van der Waals surface area contributed by atoms with E-state index in [0.717, 1.165) is 12.1 Å². The molecule has 2 fully saturated rings. The molecule has 0 unspecified atom stereocenters. The standard InChI is InChI=1S/C17H25N3O3/c1-19-8-4-15(21)14(12-19)16(22)20-9-5-17(23,6-10-20)13-3-2-7-18-11-13/h2-3,7,11,14-15,21,23H,4-6,8-10,12H2,1H3/t14-,15-/m1/s1. The van der Waals surface area contributed by atoms with Crippen molar-refractivity contribution in [3.63, 3.8) is 0 Å². The van der Waals surface area contributed by atoms with E-state index in [1.165, 1.54) is 0 Å². The quantitative estimate of drug-likeness (QED) is 0.815. The molecule has 2 aliphatic rings. The number of nitrogens with zero attached hydrogens (tertiary/aromatic N) is 3. The maximum Gasteiger partial charge on any atom is 0.229 e. The van der Waals surface area contributed by atoms with Gasteiger partial charge in [-0.15, -0.1) is 0 Å². The number of hydrogen-bond donors (Lipinski definition) is 2. The number of carbonyl (C=O) groups excluding carboxylic acids is 1. The van der Waals surface area contributed by atoms with Crippen LogP contribution in [-0.2, 0) is 10.4 Å². The number of hydrogen-bond acceptors (Lipinski definition) is 5. The van der Waals surface area contributed by atoms with E-state index in [4.69, 9.17) is 0 Å². The molecule has 1 aromatic rings. The van der Waals surface area contributed by atoms with E-state index in [2.05, 4.69) is 9.88 Å². The van der Waals surface area contributed by atoms with Gasteiger partial charge in [0.25, 0.3) is 0 Å². The zero-order valence-corrected chi connectivity index (χ0v) is 13.6. The Morgan fingerprint density at radius 1 is 1.35 bits per heavy atom. The van der Waals surface area contributed by atoms with Gasteiger partial charge in [0.15, 0.2) is 0 Å². The fraction of sp³-hybridized carbons (Fsp3) is 0.647. The first-order chi connectivity index (χ1) is 11.0. The van der Waals surface area contributed by atoms with Gasteiger partial charge in [-0.25, -0.2) is 0 Å². The molecule has 2 saturated heterocycles. The molecule has 2 aliphatic heterocycles. The summed E-state index contributed by atoms with van der Waals surface area (Å²) >= 11 is 0. The Labute approximate surface area is 136 Å². The van der Waals surface area contributed by atoms with Gasteiger partial charge in [-0.05, 0) is 32.4 Å². The minimum absolute atomic E-state index is 0.0114. The van der Waals surface area contributed by atoms with Gasteiger partial charge in [0, 0.05) is 44.1 Å². The number of likely N-dealkylation sites (tertiary alicyclic amines) is 2. The first kappa shape index (κ1) is 16.4. The SMILES string of the molecule is CN1CC[C@@H](O)[C@H](C(=O)N2CCC(O)(c3cccnc3)CC2)C1. The maximum absolute atomic E-state index is 12.7. The van der Waals surface area contributed by atoms with Crippen molar-refractivity contribution >= 4 is 5.91 Å². The molecule has 126 valence electrons. The van der Waals surface area contributed by atoms with Crippen LogP contribution in [0.3, 0.4) is 0 Å². The number of aromatic nitrogens is 1. The minimum atomic E-state index is -0.910. The number of rotatable bonds is 2. The third-order valence-corrected chi connectivity index (χ3v) is 5.20. The molecule has 23 heavy (non-hydrogen) atoms. The molecule has 6 heteroatoms. The van der Waals surface area contributed by atoms with Crippen LogP contribution in [0.4, 0.5) is 0 Å². The summed E-state index contributed by atoms with van der Waals surface area (Å²) in [7, 11) is 1.98. The molecule has 0 aromatic carbocycles. The van der Waals surface area contributed by atoms with Crippen LogP contribution in [-0.4, -0.2) is 70.2 Å². The molecule has 2 N–H and O–H groups in total. The molecule has 3 heterocycles. The average Bonchev–Trinajstić information content (AvgIpc) is 2.58. The monoisotopic (exact) mass is 319 g/mol. The van der Waals surface area contributed by atoms with E-state index < -0.39 is 11.7 Å². The first-order valence-corrected chi connectivity index (χ1v) is 8.28. The van der Waals surface area contributed by atoms with E-state index in [-0.39, 0.29) is 11.8 Å². The van der Waals surface area contributed by atoms with Crippen molar-refractivity contribution in [2.75, 3.05) is 33.2 Å². The van der Waals surface area contributed by atoms with Gasteiger partial charge >= 0.3 is 0 Å². The van der Waals surface area contributed by atoms with Crippen LogP contribution in [0.5, 0.6) is 0 Å². The second-order valence-electron chi connectivity index (χ2n) is 6.82. The van der Waals surface area contributed by atoms with E-state index in [0.29, 0.717) is 38.9 Å². The van der Waals surface area contributed by atoms with Gasteiger partial charge in [0.2, 0.25) is 5.91 Å². The Morgan fingerprint density at radius 2 is 2.09 bits per heavy atom. The highest BCUT2D eigenvalue weighted by atomic mass is 16.3. The summed E-state index contributed by atoms with van der Waals surface area (Å²) in [5, 5.41) is 20.9. The largest absolute Gasteiger partial charge is 0.392 e. The molecule has 0 saturated carbocycles. The zero-order valence-electron chi connectivity index (χ0n) is 13.6. The van der Waals surface area contributed by atoms with E-state index in [1.54, 1.807) is 17.3 Å². The highest BCUT2D eigenvalue weighted by Crippen LogP contribution is 2.33. The molecule has 6 nitrogen and oxygen atoms in total. The van der Waals surface area contributed by atoms with E-state index in [1.807, 2.05) is 19.2 Å². The van der Waals surface area contributed by atoms with Crippen molar-refractivity contribution < 1.29 is 15.0 Å². The smallest absolute Gasteiger partial charge is 0.229 e. The summed E-state index contributed by atoms with van der Waals surface area (Å²) in [5.41, 5.74) is -0.1000. The van der Waals surface area contributed by atoms with Crippen LogP contribution in [0.15, 0.2) is 24.5 Å². The van der Waals surface area contributed by atoms with Gasteiger partial charge in [0.05, 0.1) is 17.6 Å². The molecular formula is C17H25N3O3. The highest BCUT2D eigenvalue weighted by molar-refractivity contribution is 5.80. The lowest BCUT2D eigenvalue weighted by molar-refractivity contribution is -0.146. The lowest BCUT2D eigenvalue weighted by atomic mass is 9.84. The summed E-state index contributed by atoms with van der Waals surface area (Å²) < 4.78 is 0. The molecule has 2 atom stereocenters. The van der Waals surface area contributed by atoms with Gasteiger partial charge in [-0.3, -0.25) is 9.78 Å². The van der Waals surface area contributed by atoms with Crippen LogP contribution in [0.25, 0.3) is 0 Å². The van der Waals surface area contributed by atoms with Crippen LogP contribution in [0, 0.1) is 5.92 Å². The fourth-order valence-electron chi connectivity index (χ4n) is 3.60. The molecule has 1 aromatic heterocycles. The van der Waals surface area contributed by atoms with E-state index >= 15 is 0 Å². The normalized spacial score (nSPS) is 28.6. The van der Waals surface area contributed by atoms with E-state index in [9.17, 15) is 15.0 Å². The number of carbonyl (C=O) groups is 1. The molecule has 0 aliphatic carbocycles. The Morgan fingerprint density at radius 3 is 2.74 bits per heavy atom. The van der Waals surface area contributed by atoms with Crippen LogP contribution in [0.2, 0.25) is 0 Å². The van der Waals surface area contributed by atoms with Crippen LogP contribution >= 0.6 is 0 Å². The second kappa shape index (κ2) is 6.55. The summed E-state index contributed by atoms with van der Waals surface area (Å²) in [6.07, 6.45) is 4.47. The summed E-state index contributed by atoms with van der Waals surface area (Å²) in [4.78, 5) is 20.7. The summed E-state index contributed by atoms with van der Waals surface area (Å²) in [5.74, 6) is -0.337. The highest BCUT2D eigenvalue weighted by Gasteiger charge is 2.39. The number of piperidine rings is 2. The number of amides is 1. The molecule has 0 spiro atoms. The van der Waals surface area contributed by atoms with Crippen molar-refractivity contribution in [3.05, 3.63) is 30.1 Å². The minimum Gasteiger partial charge on any atom is -0.392 e. The van der Waals surface area contributed by atoms with Gasteiger partial charge in [-0.2, -0.15) is 0 Å². The molecule has 3 rings (SSSR count). The Bertz CT molecular complexity index is 543. The molecule has 0 bridgehead atoms. The summed E-state index contributed by atoms with van der Waals surface area (Å²) in [6, 6.07) is 3.70. The lowest BCUT2D eigenvalue weighted by Crippen LogP contribution is -2.53. The first-order valence-electron chi connectivity index (χ1n) is 8.28. The van der Waals surface area contributed by atoms with Crippen LogP contribution < -0.4 is 0 Å². The Balaban J connectivity index is 1.63. The molecule has 1 amide bonds. The van der Waals surface area contributed by atoms with Gasteiger partial charge in [-0.1, -0.05) is 6.07 Å². The third kappa shape index (κ3) is 3.39. The molecule has 0 radical (unpaired) electrons. The van der Waals surface area contributed by atoms with Crippen molar-refractivity contribution in [3.8, 4) is 0 Å². The van der Waals surface area contributed by atoms with Crippen molar-refractivity contribution in [1.82, 2.24) is 14.8 Å². The number of aliphatic hydroxyl groups is 2. The van der Waals surface area contributed by atoms with Gasteiger partial charge in [0.1, 0.15) is 0 Å². The van der Waals surface area contributed by atoms with Crippen molar-refractivity contribution in [2.45, 2.75) is 31.0 Å². The zero-order chi connectivity index (χ0) is 16.4. The summed E-state index contributed by atoms with van der Waals surface area (Å²) in [6.45, 7) is 2.45. The lowest BCUT2D eigenvalue weighted by Gasteiger charge is -2.41. The predicted octanol–water partition coefficient (Wildman–Crippen LogP) is 0.204. The van der Waals surface area contributed by atoms with Crippen LogP contribution in [0.1, 0.15) is 24.8 Å². The topological polar surface area (TPSA) is 76.9 Å². The average molecular weight is 319 g/mol. The van der Waals surface area contributed by atoms with Gasteiger partial charge < -0.3 is 20.0 Å². The maximum atomic E-state index is 12.7. The number of pyridine rings is 1. The predicted molar refractivity (Wildman–Crippen MR) is 85.6 cm³/mol. The Hall–Kier alpha value is -1.50.